The van der Waals surface area contributed by atoms with E-state index in [0.29, 0.717) is 19.6 Å². The van der Waals surface area contributed by atoms with Gasteiger partial charge in [-0.2, -0.15) is 4.57 Å². The zero-order valence-electron chi connectivity index (χ0n) is 13.5. The lowest BCUT2D eigenvalue weighted by molar-refractivity contribution is -0.684. The molecule has 1 aromatic heterocycles. The molecule has 0 radical (unpaired) electrons. The van der Waals surface area contributed by atoms with Crippen molar-refractivity contribution < 1.29 is 31.3 Å². The minimum Gasteiger partial charge on any atom is -1.00 e. The maximum absolute atomic E-state index is 12.3. The molecule has 0 aliphatic heterocycles. The van der Waals surface area contributed by atoms with Crippen LogP contribution in [0.4, 0.5) is 0 Å². The van der Waals surface area contributed by atoms with Gasteiger partial charge in [0.05, 0.1) is 17.4 Å². The number of ether oxygens (including phenoxy) is 1. The summed E-state index contributed by atoms with van der Waals surface area (Å²) in [7, 11) is 0. The lowest BCUT2D eigenvalue weighted by atomic mass is 10.1. The third-order valence-corrected chi connectivity index (χ3v) is 5.19. The van der Waals surface area contributed by atoms with E-state index in [9.17, 15) is 9.59 Å². The van der Waals surface area contributed by atoms with Gasteiger partial charge in [-0.15, -0.1) is 0 Å². The number of thiazole rings is 1. The van der Waals surface area contributed by atoms with E-state index in [1.165, 1.54) is 0 Å². The van der Waals surface area contributed by atoms with Gasteiger partial charge >= 0.3 is 5.97 Å². The molecule has 3 rings (SSSR count). The highest BCUT2D eigenvalue weighted by Gasteiger charge is 2.31. The van der Waals surface area contributed by atoms with Gasteiger partial charge in [0.2, 0.25) is 17.8 Å². The van der Waals surface area contributed by atoms with Crippen LogP contribution < -0.4 is 17.0 Å². The van der Waals surface area contributed by atoms with E-state index < -0.39 is 0 Å². The summed E-state index contributed by atoms with van der Waals surface area (Å²) in [6, 6.07) is 9.32. The Kier molecular flexibility index (Phi) is 6.52. The summed E-state index contributed by atoms with van der Waals surface area (Å²) in [6.07, 6.45) is 2.65. The molecule has 1 aliphatic carbocycles. The van der Waals surface area contributed by atoms with Gasteiger partial charge < -0.3 is 17.1 Å². The normalized spacial score (nSPS) is 13.2. The molecule has 0 bridgehead atoms. The van der Waals surface area contributed by atoms with Gasteiger partial charge in [-0.05, 0) is 12.8 Å². The number of aromatic nitrogens is 1. The van der Waals surface area contributed by atoms with Crippen LogP contribution in [-0.4, -0.2) is 18.4 Å². The van der Waals surface area contributed by atoms with Crippen molar-refractivity contribution in [2.24, 2.45) is 5.92 Å². The molecule has 1 aromatic carbocycles. The molecular formula is C18H20ClNO3S. The summed E-state index contributed by atoms with van der Waals surface area (Å²) in [5, 5.41) is 0. The number of nitrogens with zero attached hydrogens (tertiary/aromatic N) is 1. The molecule has 1 heterocycles. The van der Waals surface area contributed by atoms with Crippen LogP contribution in [-0.2, 0) is 22.5 Å². The van der Waals surface area contributed by atoms with E-state index in [0.717, 1.165) is 29.0 Å². The molecular weight excluding hydrogens is 346 g/mol. The Balaban J connectivity index is 0.00000208. The molecule has 0 unspecified atom stereocenters. The first kappa shape index (κ1) is 18.6. The minimum absolute atomic E-state index is 0. The molecule has 0 amide bonds. The number of carbonyl (C=O) groups is 2. The van der Waals surface area contributed by atoms with Gasteiger partial charge in [0, 0.05) is 18.9 Å². The van der Waals surface area contributed by atoms with Crippen molar-refractivity contribution in [2.75, 3.05) is 6.61 Å². The van der Waals surface area contributed by atoms with Crippen molar-refractivity contribution in [3.05, 3.63) is 52.0 Å². The van der Waals surface area contributed by atoms with E-state index in [1.807, 2.05) is 47.3 Å². The Hall–Kier alpha value is -1.72. The number of rotatable bonds is 7. The molecule has 1 aliphatic rings. The van der Waals surface area contributed by atoms with Crippen LogP contribution >= 0.6 is 11.3 Å². The molecule has 128 valence electrons. The first-order chi connectivity index (χ1) is 11.1. The van der Waals surface area contributed by atoms with Gasteiger partial charge in [-0.3, -0.25) is 9.59 Å². The topological polar surface area (TPSA) is 47.2 Å². The number of ketones is 1. The summed E-state index contributed by atoms with van der Waals surface area (Å²) >= 11 is 1.61. The Bertz CT molecular complexity index is 710. The van der Waals surface area contributed by atoms with Gasteiger partial charge in [0.15, 0.2) is 5.69 Å². The van der Waals surface area contributed by atoms with Crippen LogP contribution in [0.2, 0.25) is 0 Å². The van der Waals surface area contributed by atoms with Crippen molar-refractivity contribution in [1.29, 1.82) is 0 Å². The fourth-order valence-electron chi connectivity index (χ4n) is 2.40. The van der Waals surface area contributed by atoms with Crippen LogP contribution in [0.25, 0.3) is 0 Å². The number of carbonyl (C=O) groups excluding carboxylic acids is 2. The van der Waals surface area contributed by atoms with Crippen LogP contribution in [0.15, 0.2) is 35.8 Å². The van der Waals surface area contributed by atoms with Crippen molar-refractivity contribution in [3.8, 4) is 0 Å². The van der Waals surface area contributed by atoms with E-state index in [2.05, 4.69) is 0 Å². The van der Waals surface area contributed by atoms with Crippen LogP contribution in [0.3, 0.4) is 0 Å². The number of esters is 1. The number of hydrogen-bond acceptors (Lipinski definition) is 4. The highest BCUT2D eigenvalue weighted by Crippen LogP contribution is 2.30. The number of hydrogen-bond donors (Lipinski definition) is 0. The van der Waals surface area contributed by atoms with E-state index in [4.69, 9.17) is 4.74 Å². The minimum atomic E-state index is -0.0636. The summed E-state index contributed by atoms with van der Waals surface area (Å²) in [6.45, 7) is 2.77. The molecule has 2 aromatic rings. The molecule has 1 fully saturated rings. The predicted molar refractivity (Wildman–Crippen MR) is 87.4 cm³/mol. The third-order valence-electron chi connectivity index (χ3n) is 4.05. The quantitative estimate of drug-likeness (QED) is 0.385. The van der Waals surface area contributed by atoms with E-state index in [-0.39, 0.29) is 30.1 Å². The zero-order valence-corrected chi connectivity index (χ0v) is 15.1. The monoisotopic (exact) mass is 365 g/mol. The average molecular weight is 366 g/mol. The summed E-state index contributed by atoms with van der Waals surface area (Å²) in [4.78, 5) is 25.0. The molecule has 0 N–H and O–H groups in total. The van der Waals surface area contributed by atoms with Crippen molar-refractivity contribution in [3.63, 3.8) is 0 Å². The molecule has 0 spiro atoms. The van der Waals surface area contributed by atoms with Crippen molar-refractivity contribution in [2.45, 2.75) is 32.7 Å². The molecule has 1 saturated carbocycles. The van der Waals surface area contributed by atoms with Gasteiger partial charge in [0.25, 0.3) is 0 Å². The number of benzene rings is 1. The maximum Gasteiger partial charge on any atom is 0.308 e. The van der Waals surface area contributed by atoms with Crippen LogP contribution in [0, 0.1) is 12.8 Å². The van der Waals surface area contributed by atoms with E-state index >= 15 is 0 Å². The lowest BCUT2D eigenvalue weighted by Gasteiger charge is -2.02. The molecule has 6 heteroatoms. The summed E-state index contributed by atoms with van der Waals surface area (Å²) < 4.78 is 7.25. The van der Waals surface area contributed by atoms with Crippen molar-refractivity contribution >= 4 is 23.1 Å². The molecule has 24 heavy (non-hydrogen) atoms. The van der Waals surface area contributed by atoms with Crippen molar-refractivity contribution in [1.82, 2.24) is 0 Å². The van der Waals surface area contributed by atoms with Gasteiger partial charge in [-0.1, -0.05) is 41.7 Å². The van der Waals surface area contributed by atoms with Gasteiger partial charge in [0.1, 0.15) is 0 Å². The number of halogens is 1. The average Bonchev–Trinajstić information content (AvgIpc) is 3.36. The fraction of sp³-hybridized carbons (Fsp3) is 0.389. The standard InChI is InChI=1S/C18H20NO3S.ClH/c1-13-17(9-10-22-18(21)15-7-8-15)23-12-19(13)11-16(20)14-5-3-2-4-6-14;/h2-6,12,15H,7-11H2,1H3;1H/q+1;/p-1. The molecule has 0 atom stereocenters. The second-order valence-electron chi connectivity index (χ2n) is 5.84. The maximum atomic E-state index is 12.3. The number of Topliss-reactive ketones (excluding diaryl/α,β-unsaturated/α-hetero) is 1. The van der Waals surface area contributed by atoms with Gasteiger partial charge in [-0.25, -0.2) is 0 Å². The molecule has 0 saturated heterocycles. The molecule has 4 nitrogen and oxygen atoms in total. The second-order valence-corrected chi connectivity index (χ2v) is 6.78. The first-order valence-electron chi connectivity index (χ1n) is 7.86. The highest BCUT2D eigenvalue weighted by atomic mass is 35.5. The summed E-state index contributed by atoms with van der Waals surface area (Å²) in [5.41, 5.74) is 3.76. The Morgan fingerprint density at radius 2 is 1.96 bits per heavy atom. The smallest absolute Gasteiger partial charge is 0.308 e. The highest BCUT2D eigenvalue weighted by molar-refractivity contribution is 7.09. The van der Waals surface area contributed by atoms with Crippen LogP contribution in [0.5, 0.6) is 0 Å². The van der Waals surface area contributed by atoms with Crippen LogP contribution in [0.1, 0.15) is 33.8 Å². The second kappa shape index (κ2) is 8.40. The predicted octanol–water partition coefficient (Wildman–Crippen LogP) is -0.273. The largest absolute Gasteiger partial charge is 1.00 e. The Morgan fingerprint density at radius 1 is 1.25 bits per heavy atom. The first-order valence-corrected chi connectivity index (χ1v) is 8.74. The Labute approximate surface area is 151 Å². The van der Waals surface area contributed by atoms with E-state index in [1.54, 1.807) is 11.3 Å². The summed E-state index contributed by atoms with van der Waals surface area (Å²) in [5.74, 6) is 0.183. The third kappa shape index (κ3) is 4.65. The lowest BCUT2D eigenvalue weighted by Crippen LogP contribution is -3.00. The zero-order chi connectivity index (χ0) is 16.2. The fourth-order valence-corrected chi connectivity index (χ4v) is 3.37. The Morgan fingerprint density at radius 3 is 2.62 bits per heavy atom. The SMILES string of the molecule is Cc1c(CCOC(=O)C2CC2)sc[n+]1CC(=O)c1ccccc1.[Cl-].